The van der Waals surface area contributed by atoms with Gasteiger partial charge in [-0.2, -0.15) is 0 Å². The van der Waals surface area contributed by atoms with Crippen LogP contribution in [0, 0.1) is 13.8 Å². The summed E-state index contributed by atoms with van der Waals surface area (Å²) in [5.41, 5.74) is 0.275. The highest BCUT2D eigenvalue weighted by atomic mass is 32.2. The van der Waals surface area contributed by atoms with Gasteiger partial charge in [-0.15, -0.1) is 0 Å². The molecule has 2 aromatic heterocycles. The van der Waals surface area contributed by atoms with Gasteiger partial charge in [0, 0.05) is 6.54 Å². The number of nitrogens with zero attached hydrogens (tertiary/aromatic N) is 1. The van der Waals surface area contributed by atoms with Gasteiger partial charge in [-0.3, -0.25) is 0 Å². The van der Waals surface area contributed by atoms with E-state index in [2.05, 4.69) is 9.88 Å². The monoisotopic (exact) mass is 286 g/mol. The van der Waals surface area contributed by atoms with E-state index in [0.717, 1.165) is 0 Å². The largest absolute Gasteiger partial charge is 0.467 e. The van der Waals surface area contributed by atoms with Crippen LogP contribution in [-0.4, -0.2) is 25.2 Å². The zero-order valence-electron chi connectivity index (χ0n) is 10.5. The van der Waals surface area contributed by atoms with Crippen LogP contribution >= 0.6 is 0 Å². The van der Waals surface area contributed by atoms with Crippen molar-refractivity contribution in [2.45, 2.75) is 24.8 Å². The number of rotatable bonds is 5. The van der Waals surface area contributed by atoms with Gasteiger partial charge in [0.15, 0.2) is 5.76 Å². The molecule has 19 heavy (non-hydrogen) atoms. The van der Waals surface area contributed by atoms with E-state index in [4.69, 9.17) is 8.94 Å². The van der Waals surface area contributed by atoms with Gasteiger partial charge in [0.2, 0.25) is 10.0 Å². The van der Waals surface area contributed by atoms with Crippen molar-refractivity contribution < 1.29 is 22.5 Å². The molecule has 0 aliphatic heterocycles. The molecule has 0 aliphatic carbocycles. The molecule has 0 spiro atoms. The van der Waals surface area contributed by atoms with Crippen molar-refractivity contribution in [3.8, 4) is 0 Å². The number of nitrogens with one attached hydrogen (secondary N) is 1. The van der Waals surface area contributed by atoms with Gasteiger partial charge in [-0.25, -0.2) is 13.1 Å². The van der Waals surface area contributed by atoms with Crippen LogP contribution in [0.5, 0.6) is 0 Å². The van der Waals surface area contributed by atoms with Gasteiger partial charge in [-0.1, -0.05) is 5.16 Å². The van der Waals surface area contributed by atoms with E-state index in [1.807, 2.05) is 0 Å². The lowest BCUT2D eigenvalue weighted by Crippen LogP contribution is -2.29. The Morgan fingerprint density at radius 2 is 2.21 bits per heavy atom. The Kier molecular flexibility index (Phi) is 3.74. The van der Waals surface area contributed by atoms with E-state index in [-0.39, 0.29) is 22.9 Å². The van der Waals surface area contributed by atoms with Crippen LogP contribution in [0.25, 0.3) is 0 Å². The van der Waals surface area contributed by atoms with Crippen LogP contribution in [0.15, 0.2) is 32.2 Å². The molecule has 2 rings (SSSR count). The predicted molar refractivity (Wildman–Crippen MR) is 64.8 cm³/mol. The molecule has 104 valence electrons. The van der Waals surface area contributed by atoms with Crippen LogP contribution in [0.1, 0.15) is 23.3 Å². The summed E-state index contributed by atoms with van der Waals surface area (Å²) in [6.45, 7) is 2.85. The Hall–Kier alpha value is -1.64. The minimum absolute atomic E-state index is 0.000792. The molecule has 2 N–H and O–H groups in total. The first-order valence-electron chi connectivity index (χ1n) is 5.56. The van der Waals surface area contributed by atoms with Crippen molar-refractivity contribution in [1.29, 1.82) is 0 Å². The summed E-state index contributed by atoms with van der Waals surface area (Å²) in [5, 5.41) is 13.3. The molecule has 1 unspecified atom stereocenters. The predicted octanol–water partition coefficient (Wildman–Crippen LogP) is 0.896. The molecule has 2 heterocycles. The molecule has 8 heteroatoms. The molecule has 0 radical (unpaired) electrons. The Labute approximate surface area is 110 Å². The van der Waals surface area contributed by atoms with Gasteiger partial charge in [0.05, 0.1) is 6.26 Å². The highest BCUT2D eigenvalue weighted by Crippen LogP contribution is 2.19. The fraction of sp³-hybridized carbons (Fsp3) is 0.364. The molecule has 2 aromatic rings. The minimum atomic E-state index is -3.77. The normalized spacial score (nSPS) is 13.6. The molecule has 0 aromatic carbocycles. The molecular formula is C11H14N2O5S. The standard InChI is InChI=1S/C11H14N2O5S/c1-7-11(8(2)18-13-7)19(15,16)12-6-9(14)10-4-3-5-17-10/h3-5,9,12,14H,6H2,1-2H3. The second kappa shape index (κ2) is 5.16. The number of aromatic nitrogens is 1. The number of hydrogen-bond acceptors (Lipinski definition) is 6. The zero-order chi connectivity index (χ0) is 14.0. The third-order valence-corrected chi connectivity index (χ3v) is 4.24. The van der Waals surface area contributed by atoms with Crippen LogP contribution in [0.3, 0.4) is 0 Å². The number of sulfonamides is 1. The van der Waals surface area contributed by atoms with Crippen molar-refractivity contribution in [1.82, 2.24) is 9.88 Å². The molecule has 1 atom stereocenters. The fourth-order valence-corrected chi connectivity index (χ4v) is 3.06. The van der Waals surface area contributed by atoms with E-state index in [1.54, 1.807) is 12.1 Å². The summed E-state index contributed by atoms with van der Waals surface area (Å²) in [7, 11) is -3.77. The Balaban J connectivity index is 2.11. The SMILES string of the molecule is Cc1noc(C)c1S(=O)(=O)NCC(O)c1ccco1. The summed E-state index contributed by atoms with van der Waals surface area (Å²) in [5.74, 6) is 0.499. The Bertz CT molecular complexity index is 625. The molecule has 0 saturated heterocycles. The highest BCUT2D eigenvalue weighted by molar-refractivity contribution is 7.89. The Morgan fingerprint density at radius 3 is 2.74 bits per heavy atom. The smallest absolute Gasteiger partial charge is 0.246 e. The van der Waals surface area contributed by atoms with E-state index in [0.29, 0.717) is 5.76 Å². The van der Waals surface area contributed by atoms with E-state index in [1.165, 1.54) is 20.1 Å². The maximum atomic E-state index is 12.1. The average molecular weight is 286 g/mol. The molecule has 0 aliphatic rings. The number of aliphatic hydroxyl groups excluding tert-OH is 1. The number of hydrogen-bond donors (Lipinski definition) is 2. The molecule has 0 bridgehead atoms. The van der Waals surface area contributed by atoms with Crippen molar-refractivity contribution >= 4 is 10.0 Å². The second-order valence-electron chi connectivity index (χ2n) is 4.04. The van der Waals surface area contributed by atoms with Gasteiger partial charge >= 0.3 is 0 Å². The van der Waals surface area contributed by atoms with E-state index >= 15 is 0 Å². The van der Waals surface area contributed by atoms with Crippen LogP contribution in [0.2, 0.25) is 0 Å². The third-order valence-electron chi connectivity index (χ3n) is 2.57. The summed E-state index contributed by atoms with van der Waals surface area (Å²) in [4.78, 5) is -0.000792. The fourth-order valence-electron chi connectivity index (χ4n) is 1.70. The quantitative estimate of drug-likeness (QED) is 0.845. The molecule has 0 fully saturated rings. The van der Waals surface area contributed by atoms with Crippen LogP contribution < -0.4 is 4.72 Å². The summed E-state index contributed by atoms with van der Waals surface area (Å²) >= 11 is 0. The van der Waals surface area contributed by atoms with Crippen molar-refractivity contribution in [3.63, 3.8) is 0 Å². The zero-order valence-corrected chi connectivity index (χ0v) is 11.3. The van der Waals surface area contributed by atoms with Crippen LogP contribution in [0.4, 0.5) is 0 Å². The third kappa shape index (κ3) is 2.86. The van der Waals surface area contributed by atoms with Gasteiger partial charge in [0.25, 0.3) is 0 Å². The van der Waals surface area contributed by atoms with Crippen molar-refractivity contribution in [2.24, 2.45) is 0 Å². The van der Waals surface area contributed by atoms with Gasteiger partial charge < -0.3 is 14.0 Å². The first kappa shape index (κ1) is 13.8. The van der Waals surface area contributed by atoms with Gasteiger partial charge in [-0.05, 0) is 26.0 Å². The summed E-state index contributed by atoms with van der Waals surface area (Å²) in [6.07, 6.45) is 0.353. The lowest BCUT2D eigenvalue weighted by molar-refractivity contribution is 0.154. The molecule has 0 amide bonds. The maximum absolute atomic E-state index is 12.1. The average Bonchev–Trinajstić information content (AvgIpc) is 2.96. The molecule has 7 nitrogen and oxygen atoms in total. The minimum Gasteiger partial charge on any atom is -0.467 e. The number of furan rings is 1. The first-order chi connectivity index (χ1) is 8.92. The highest BCUT2D eigenvalue weighted by Gasteiger charge is 2.25. The van der Waals surface area contributed by atoms with Crippen molar-refractivity contribution in [3.05, 3.63) is 35.6 Å². The summed E-state index contributed by atoms with van der Waals surface area (Å²) < 4.78 is 36.2. The van der Waals surface area contributed by atoms with Crippen LogP contribution in [-0.2, 0) is 10.0 Å². The summed E-state index contributed by atoms with van der Waals surface area (Å²) in [6, 6.07) is 3.18. The van der Waals surface area contributed by atoms with E-state index in [9.17, 15) is 13.5 Å². The maximum Gasteiger partial charge on any atom is 0.246 e. The second-order valence-corrected chi connectivity index (χ2v) is 5.74. The number of aryl methyl sites for hydroxylation is 2. The molecular weight excluding hydrogens is 272 g/mol. The lowest BCUT2D eigenvalue weighted by atomic mass is 10.3. The van der Waals surface area contributed by atoms with E-state index < -0.39 is 16.1 Å². The topological polar surface area (TPSA) is 106 Å². The van der Waals surface area contributed by atoms with Crippen molar-refractivity contribution in [2.75, 3.05) is 6.54 Å². The Morgan fingerprint density at radius 1 is 1.47 bits per heavy atom. The number of aliphatic hydroxyl groups is 1. The lowest BCUT2D eigenvalue weighted by Gasteiger charge is -2.09. The van der Waals surface area contributed by atoms with Gasteiger partial charge in [0.1, 0.15) is 22.5 Å². The first-order valence-corrected chi connectivity index (χ1v) is 7.04. The molecule has 0 saturated carbocycles.